The van der Waals surface area contributed by atoms with Crippen LogP contribution in [0.4, 0.5) is 0 Å². The predicted octanol–water partition coefficient (Wildman–Crippen LogP) is 3.16. The van der Waals surface area contributed by atoms with Crippen molar-refractivity contribution in [2.45, 2.75) is 5.92 Å². The van der Waals surface area contributed by atoms with E-state index in [1.54, 1.807) is 41.4 Å². The van der Waals surface area contributed by atoms with Crippen LogP contribution in [0.3, 0.4) is 0 Å². The van der Waals surface area contributed by atoms with Gasteiger partial charge in [-0.25, -0.2) is 4.68 Å². The van der Waals surface area contributed by atoms with E-state index in [1.165, 1.54) is 6.08 Å². The molecule has 24 heavy (non-hydrogen) atoms. The Balaban J connectivity index is 1.75. The van der Waals surface area contributed by atoms with Crippen molar-refractivity contribution in [3.05, 3.63) is 84.5 Å². The van der Waals surface area contributed by atoms with Crippen LogP contribution in [0.2, 0.25) is 0 Å². The van der Waals surface area contributed by atoms with Gasteiger partial charge in [-0.15, -0.1) is 0 Å². The van der Waals surface area contributed by atoms with Gasteiger partial charge in [-0.1, -0.05) is 24.3 Å². The molecule has 3 rings (SSSR count). The van der Waals surface area contributed by atoms with Crippen LogP contribution in [0, 0.1) is 11.3 Å². The number of carbonyl (C=O) groups is 1. The fraction of sp³-hybridized carbons (Fsp3) is 0.0526. The second-order valence-corrected chi connectivity index (χ2v) is 5.11. The number of benzene rings is 1. The van der Waals surface area contributed by atoms with Gasteiger partial charge in [0.1, 0.15) is 0 Å². The highest BCUT2D eigenvalue weighted by atomic mass is 16.1. The number of nitrogens with zero attached hydrogens (tertiary/aromatic N) is 4. The fourth-order valence-electron chi connectivity index (χ4n) is 2.24. The van der Waals surface area contributed by atoms with Gasteiger partial charge in [0, 0.05) is 18.0 Å². The lowest BCUT2D eigenvalue weighted by molar-refractivity contribution is -0.114. The van der Waals surface area contributed by atoms with Crippen molar-refractivity contribution in [3.63, 3.8) is 0 Å². The lowest BCUT2D eigenvalue weighted by Crippen LogP contribution is -2.09. The largest absolute Gasteiger partial charge is 0.293 e. The maximum absolute atomic E-state index is 12.2. The van der Waals surface area contributed by atoms with E-state index in [0.29, 0.717) is 5.69 Å². The maximum Gasteiger partial charge on any atom is 0.178 e. The number of allylic oxidation sites excluding steroid dienone is 1. The lowest BCUT2D eigenvalue weighted by atomic mass is 10.0. The SMILES string of the molecule is N#C[C@@H](C(=O)/C=C/c1cnn(-c2ccccc2)c1)c1ccccn1. The number of aromatic nitrogens is 3. The molecule has 0 aliphatic rings. The predicted molar refractivity (Wildman–Crippen MR) is 90.2 cm³/mol. The minimum atomic E-state index is -0.897. The van der Waals surface area contributed by atoms with Crippen molar-refractivity contribution < 1.29 is 4.79 Å². The van der Waals surface area contributed by atoms with Gasteiger partial charge in [-0.3, -0.25) is 9.78 Å². The summed E-state index contributed by atoms with van der Waals surface area (Å²) in [6, 6.07) is 16.9. The summed E-state index contributed by atoms with van der Waals surface area (Å²) in [5.41, 5.74) is 2.17. The minimum Gasteiger partial charge on any atom is -0.293 e. The summed E-state index contributed by atoms with van der Waals surface area (Å²) in [5.74, 6) is -1.20. The number of hydrogen-bond donors (Lipinski definition) is 0. The Bertz CT molecular complexity index is 892. The minimum absolute atomic E-state index is 0.302. The second-order valence-electron chi connectivity index (χ2n) is 5.11. The molecule has 0 bridgehead atoms. The van der Waals surface area contributed by atoms with Gasteiger partial charge in [0.2, 0.25) is 0 Å². The van der Waals surface area contributed by atoms with Gasteiger partial charge in [0.25, 0.3) is 0 Å². The second kappa shape index (κ2) is 7.16. The topological polar surface area (TPSA) is 71.6 Å². The zero-order valence-electron chi connectivity index (χ0n) is 12.8. The molecule has 0 saturated carbocycles. The van der Waals surface area contributed by atoms with Gasteiger partial charge in [-0.05, 0) is 36.4 Å². The molecule has 5 nitrogen and oxygen atoms in total. The average molecular weight is 314 g/mol. The maximum atomic E-state index is 12.2. The van der Waals surface area contributed by atoms with E-state index in [2.05, 4.69) is 10.1 Å². The summed E-state index contributed by atoms with van der Waals surface area (Å²) in [5, 5.41) is 13.5. The van der Waals surface area contributed by atoms with E-state index in [4.69, 9.17) is 0 Å². The van der Waals surface area contributed by atoms with E-state index >= 15 is 0 Å². The molecule has 1 atom stereocenters. The molecule has 0 radical (unpaired) electrons. The molecule has 0 N–H and O–H groups in total. The number of pyridine rings is 1. The van der Waals surface area contributed by atoms with E-state index in [1.807, 2.05) is 42.6 Å². The first-order chi connectivity index (χ1) is 11.8. The highest BCUT2D eigenvalue weighted by Crippen LogP contribution is 2.15. The summed E-state index contributed by atoms with van der Waals surface area (Å²) in [7, 11) is 0. The fourth-order valence-corrected chi connectivity index (χ4v) is 2.24. The van der Waals surface area contributed by atoms with Crippen molar-refractivity contribution in [2.75, 3.05) is 0 Å². The molecule has 1 aromatic carbocycles. The van der Waals surface area contributed by atoms with Crippen LogP contribution in [0.15, 0.2) is 73.2 Å². The quantitative estimate of drug-likeness (QED) is 0.678. The van der Waals surface area contributed by atoms with Gasteiger partial charge in [0.15, 0.2) is 11.7 Å². The normalized spacial score (nSPS) is 12.0. The highest BCUT2D eigenvalue weighted by Gasteiger charge is 2.18. The van der Waals surface area contributed by atoms with Crippen LogP contribution >= 0.6 is 0 Å². The summed E-state index contributed by atoms with van der Waals surface area (Å²) in [4.78, 5) is 16.3. The van der Waals surface area contributed by atoms with Crippen LogP contribution in [0.1, 0.15) is 17.2 Å². The lowest BCUT2D eigenvalue weighted by Gasteiger charge is -2.03. The molecular weight excluding hydrogens is 300 g/mol. The third-order valence-corrected chi connectivity index (χ3v) is 3.46. The summed E-state index contributed by atoms with van der Waals surface area (Å²) >= 11 is 0. The summed E-state index contributed by atoms with van der Waals surface area (Å²) < 4.78 is 1.73. The Labute approximate surface area is 139 Å². The van der Waals surface area contributed by atoms with Crippen molar-refractivity contribution in [1.82, 2.24) is 14.8 Å². The molecule has 0 aliphatic carbocycles. The molecular formula is C19H14N4O. The first kappa shape index (κ1) is 15.4. The van der Waals surface area contributed by atoms with Crippen molar-refractivity contribution in [1.29, 1.82) is 5.26 Å². The number of ketones is 1. The third kappa shape index (κ3) is 3.45. The number of nitriles is 1. The first-order valence-corrected chi connectivity index (χ1v) is 7.40. The summed E-state index contributed by atoms with van der Waals surface area (Å²) in [6.07, 6.45) is 8.11. The molecule has 2 aromatic heterocycles. The molecule has 0 spiro atoms. The smallest absolute Gasteiger partial charge is 0.178 e. The van der Waals surface area contributed by atoms with E-state index < -0.39 is 5.92 Å². The summed E-state index contributed by atoms with van der Waals surface area (Å²) in [6.45, 7) is 0. The van der Waals surface area contributed by atoms with Crippen LogP contribution in [-0.2, 0) is 4.79 Å². The van der Waals surface area contributed by atoms with Crippen molar-refractivity contribution >= 4 is 11.9 Å². The van der Waals surface area contributed by atoms with Gasteiger partial charge >= 0.3 is 0 Å². The molecule has 0 amide bonds. The molecule has 0 unspecified atom stereocenters. The van der Waals surface area contributed by atoms with Gasteiger partial charge in [0.05, 0.1) is 23.6 Å². The van der Waals surface area contributed by atoms with Crippen LogP contribution in [0.25, 0.3) is 11.8 Å². The van der Waals surface area contributed by atoms with Crippen molar-refractivity contribution in [3.8, 4) is 11.8 Å². The highest BCUT2D eigenvalue weighted by molar-refractivity contribution is 6.00. The molecule has 5 heteroatoms. The van der Waals surface area contributed by atoms with E-state index in [-0.39, 0.29) is 5.78 Å². The number of para-hydroxylation sites is 1. The number of rotatable bonds is 5. The number of carbonyl (C=O) groups excluding carboxylic acids is 1. The third-order valence-electron chi connectivity index (χ3n) is 3.46. The zero-order chi connectivity index (χ0) is 16.8. The van der Waals surface area contributed by atoms with Crippen LogP contribution < -0.4 is 0 Å². The average Bonchev–Trinajstić information content (AvgIpc) is 3.11. The Hall–Kier alpha value is -3.52. The molecule has 0 fully saturated rings. The molecule has 0 aliphatic heterocycles. The first-order valence-electron chi connectivity index (χ1n) is 7.40. The van der Waals surface area contributed by atoms with E-state index in [9.17, 15) is 10.1 Å². The van der Waals surface area contributed by atoms with Gasteiger partial charge in [-0.2, -0.15) is 10.4 Å². The Morgan fingerprint density at radius 3 is 2.67 bits per heavy atom. The molecule has 2 heterocycles. The Morgan fingerprint density at radius 1 is 1.17 bits per heavy atom. The molecule has 116 valence electrons. The van der Waals surface area contributed by atoms with Crippen molar-refractivity contribution in [2.24, 2.45) is 0 Å². The Morgan fingerprint density at radius 2 is 1.96 bits per heavy atom. The molecule has 3 aromatic rings. The standard InChI is InChI=1S/C19H14N4O/c20-12-17(18-8-4-5-11-21-18)19(24)10-9-15-13-22-23(14-15)16-6-2-1-3-7-16/h1-11,13-14,17H/b10-9+/t17-/m1/s1. The van der Waals surface area contributed by atoms with Crippen LogP contribution in [-0.4, -0.2) is 20.5 Å². The Kier molecular flexibility index (Phi) is 4.59. The van der Waals surface area contributed by atoms with E-state index in [0.717, 1.165) is 11.3 Å². The monoisotopic (exact) mass is 314 g/mol. The zero-order valence-corrected chi connectivity index (χ0v) is 12.8. The van der Waals surface area contributed by atoms with Crippen LogP contribution in [0.5, 0.6) is 0 Å². The number of hydrogen-bond acceptors (Lipinski definition) is 4. The van der Waals surface area contributed by atoms with Gasteiger partial charge < -0.3 is 0 Å². The molecule has 0 saturated heterocycles.